The molecule has 0 fully saturated rings. The van der Waals surface area contributed by atoms with Crippen LogP contribution in [0.4, 0.5) is 9.80 Å². The standard InChI is InChI=1S/C22H27N5O6S2/c1-13(28)27-11-10-16-17(12-27)34-21(18(16)20(30)24-22(31)25(2)3)23-19(29)14-6-8-15(9-7-14)35(32,33)26(4)5/h6-9H,10-12H2,1-5H3,(H,23,29)(H,24,30,31). The van der Waals surface area contributed by atoms with Gasteiger partial charge >= 0.3 is 6.03 Å². The molecular weight excluding hydrogens is 494 g/mol. The molecule has 1 aromatic heterocycles. The van der Waals surface area contributed by atoms with Crippen molar-refractivity contribution in [1.82, 2.24) is 19.4 Å². The molecule has 0 aliphatic carbocycles. The van der Waals surface area contributed by atoms with Gasteiger partial charge in [0, 0.05) is 52.1 Å². The minimum absolute atomic E-state index is 0.0391. The minimum Gasteiger partial charge on any atom is -0.337 e. The smallest absolute Gasteiger partial charge is 0.323 e. The fraction of sp³-hybridized carbons (Fsp3) is 0.364. The Morgan fingerprint density at radius 2 is 1.63 bits per heavy atom. The first-order valence-electron chi connectivity index (χ1n) is 10.6. The van der Waals surface area contributed by atoms with Crippen LogP contribution in [0.5, 0.6) is 0 Å². The first kappa shape index (κ1) is 26.3. The second kappa shape index (κ2) is 10.1. The van der Waals surface area contributed by atoms with E-state index in [9.17, 15) is 27.6 Å². The summed E-state index contributed by atoms with van der Waals surface area (Å²) >= 11 is 1.17. The highest BCUT2D eigenvalue weighted by Crippen LogP contribution is 2.37. The average molecular weight is 522 g/mol. The Morgan fingerprint density at radius 1 is 1.00 bits per heavy atom. The number of thiophene rings is 1. The quantitative estimate of drug-likeness (QED) is 0.613. The SMILES string of the molecule is CC(=O)N1CCc2c(sc(NC(=O)c3ccc(S(=O)(=O)N(C)C)cc3)c2C(=O)NC(=O)N(C)C)C1. The zero-order valence-electron chi connectivity index (χ0n) is 20.0. The largest absolute Gasteiger partial charge is 0.337 e. The number of sulfonamides is 1. The Bertz CT molecular complexity index is 1280. The van der Waals surface area contributed by atoms with Gasteiger partial charge in [-0.2, -0.15) is 0 Å². The number of nitrogens with one attached hydrogen (secondary N) is 2. The summed E-state index contributed by atoms with van der Waals surface area (Å²) in [6, 6.07) is 4.82. The molecule has 5 amide bonds. The molecule has 11 nitrogen and oxygen atoms in total. The van der Waals surface area contributed by atoms with Crippen LogP contribution < -0.4 is 10.6 Å². The number of nitrogens with zero attached hydrogens (tertiary/aromatic N) is 3. The number of amides is 5. The Morgan fingerprint density at radius 3 is 2.17 bits per heavy atom. The third kappa shape index (κ3) is 5.52. The number of carbonyl (C=O) groups excluding carboxylic acids is 4. The third-order valence-electron chi connectivity index (χ3n) is 5.48. The van der Waals surface area contributed by atoms with Gasteiger partial charge in [0.15, 0.2) is 0 Å². The number of anilines is 1. The second-order valence-electron chi connectivity index (χ2n) is 8.32. The van der Waals surface area contributed by atoms with E-state index in [1.807, 2.05) is 0 Å². The van der Waals surface area contributed by atoms with Gasteiger partial charge in [0.25, 0.3) is 11.8 Å². The molecule has 0 spiro atoms. The van der Waals surface area contributed by atoms with E-state index in [0.29, 0.717) is 25.1 Å². The molecule has 0 unspecified atom stereocenters. The van der Waals surface area contributed by atoms with Crippen LogP contribution in [-0.2, 0) is 27.8 Å². The molecule has 1 aliphatic rings. The van der Waals surface area contributed by atoms with Gasteiger partial charge in [-0.3, -0.25) is 19.7 Å². The molecule has 35 heavy (non-hydrogen) atoms. The Kier molecular flexibility index (Phi) is 7.62. The Labute approximate surface area is 207 Å². The van der Waals surface area contributed by atoms with E-state index in [0.717, 1.165) is 9.18 Å². The summed E-state index contributed by atoms with van der Waals surface area (Å²) in [5.74, 6) is -1.30. The van der Waals surface area contributed by atoms with E-state index in [4.69, 9.17) is 0 Å². The summed E-state index contributed by atoms with van der Waals surface area (Å²) in [6.07, 6.45) is 0.400. The zero-order valence-corrected chi connectivity index (χ0v) is 21.7. The van der Waals surface area contributed by atoms with Crippen LogP contribution in [0.2, 0.25) is 0 Å². The van der Waals surface area contributed by atoms with Crippen molar-refractivity contribution in [2.75, 3.05) is 40.1 Å². The summed E-state index contributed by atoms with van der Waals surface area (Å²) in [4.78, 5) is 53.5. The minimum atomic E-state index is -3.65. The molecule has 0 bridgehead atoms. The topological polar surface area (TPSA) is 136 Å². The van der Waals surface area contributed by atoms with Crippen LogP contribution in [0.1, 0.15) is 38.1 Å². The molecule has 13 heteroatoms. The number of hydrogen-bond acceptors (Lipinski definition) is 7. The normalized spacial score (nSPS) is 13.3. The number of imide groups is 1. The van der Waals surface area contributed by atoms with Crippen LogP contribution in [0.3, 0.4) is 0 Å². The molecule has 1 aliphatic heterocycles. The first-order chi connectivity index (χ1) is 16.3. The molecule has 2 N–H and O–H groups in total. The van der Waals surface area contributed by atoms with Gasteiger partial charge < -0.3 is 15.1 Å². The molecule has 0 radical (unpaired) electrons. The predicted octanol–water partition coefficient (Wildman–Crippen LogP) is 1.57. The molecule has 1 aromatic carbocycles. The highest BCUT2D eigenvalue weighted by Gasteiger charge is 2.30. The maximum absolute atomic E-state index is 13.0. The van der Waals surface area contributed by atoms with E-state index in [1.54, 1.807) is 4.90 Å². The summed E-state index contributed by atoms with van der Waals surface area (Å²) in [5, 5.41) is 5.28. The fourth-order valence-electron chi connectivity index (χ4n) is 3.44. The van der Waals surface area contributed by atoms with Crippen molar-refractivity contribution < 1.29 is 27.6 Å². The number of benzene rings is 1. The van der Waals surface area contributed by atoms with Crippen molar-refractivity contribution in [2.24, 2.45) is 0 Å². The first-order valence-corrected chi connectivity index (χ1v) is 12.8. The summed E-state index contributed by atoms with van der Waals surface area (Å²) in [6.45, 7) is 2.17. The van der Waals surface area contributed by atoms with Crippen molar-refractivity contribution in [3.8, 4) is 0 Å². The highest BCUT2D eigenvalue weighted by molar-refractivity contribution is 7.89. The number of urea groups is 1. The Balaban J connectivity index is 1.93. The summed E-state index contributed by atoms with van der Waals surface area (Å²) < 4.78 is 25.6. The van der Waals surface area contributed by atoms with Gasteiger partial charge in [-0.15, -0.1) is 11.3 Å². The van der Waals surface area contributed by atoms with Crippen molar-refractivity contribution in [3.63, 3.8) is 0 Å². The maximum Gasteiger partial charge on any atom is 0.323 e. The molecule has 188 valence electrons. The van der Waals surface area contributed by atoms with Crippen molar-refractivity contribution in [2.45, 2.75) is 24.8 Å². The van der Waals surface area contributed by atoms with E-state index in [-0.39, 0.29) is 26.9 Å². The highest BCUT2D eigenvalue weighted by atomic mass is 32.2. The predicted molar refractivity (Wildman–Crippen MR) is 131 cm³/mol. The maximum atomic E-state index is 13.0. The van der Waals surface area contributed by atoms with Crippen LogP contribution >= 0.6 is 11.3 Å². The van der Waals surface area contributed by atoms with E-state index in [2.05, 4.69) is 10.6 Å². The van der Waals surface area contributed by atoms with Crippen LogP contribution in [0.15, 0.2) is 29.2 Å². The molecular formula is C22H27N5O6S2. The van der Waals surface area contributed by atoms with E-state index in [1.165, 1.54) is 75.6 Å². The van der Waals surface area contributed by atoms with Gasteiger partial charge in [-0.25, -0.2) is 17.5 Å². The Hall–Kier alpha value is -3.29. The lowest BCUT2D eigenvalue weighted by atomic mass is 10.0. The molecule has 3 rings (SSSR count). The van der Waals surface area contributed by atoms with Crippen LogP contribution in [0, 0.1) is 0 Å². The monoisotopic (exact) mass is 521 g/mol. The fourth-order valence-corrected chi connectivity index (χ4v) is 5.59. The van der Waals surface area contributed by atoms with Gasteiger partial charge in [-0.1, -0.05) is 0 Å². The number of hydrogen-bond donors (Lipinski definition) is 2. The molecule has 0 saturated heterocycles. The number of fused-ring (bicyclic) bond motifs is 1. The molecule has 2 heterocycles. The second-order valence-corrected chi connectivity index (χ2v) is 11.6. The summed E-state index contributed by atoms with van der Waals surface area (Å²) in [5.41, 5.74) is 1.05. The van der Waals surface area contributed by atoms with Gasteiger partial charge in [0.2, 0.25) is 15.9 Å². The van der Waals surface area contributed by atoms with Crippen molar-refractivity contribution in [3.05, 3.63) is 45.8 Å². The number of rotatable bonds is 5. The van der Waals surface area contributed by atoms with Crippen LogP contribution in [0.25, 0.3) is 0 Å². The molecule has 0 atom stereocenters. The lowest BCUT2D eigenvalue weighted by Gasteiger charge is -2.26. The number of carbonyl (C=O) groups is 4. The zero-order chi connectivity index (χ0) is 26.1. The average Bonchev–Trinajstić information content (AvgIpc) is 3.15. The van der Waals surface area contributed by atoms with Gasteiger partial charge in [0.05, 0.1) is 17.0 Å². The third-order valence-corrected chi connectivity index (χ3v) is 8.44. The van der Waals surface area contributed by atoms with Crippen molar-refractivity contribution in [1.29, 1.82) is 0 Å². The summed E-state index contributed by atoms with van der Waals surface area (Å²) in [7, 11) is 2.18. The lowest BCUT2D eigenvalue weighted by Crippen LogP contribution is -2.39. The molecule has 2 aromatic rings. The van der Waals surface area contributed by atoms with Gasteiger partial charge in [0.1, 0.15) is 5.00 Å². The van der Waals surface area contributed by atoms with Crippen LogP contribution in [-0.4, -0.2) is 81.0 Å². The van der Waals surface area contributed by atoms with E-state index < -0.39 is 27.9 Å². The molecule has 0 saturated carbocycles. The lowest BCUT2D eigenvalue weighted by molar-refractivity contribution is -0.129. The van der Waals surface area contributed by atoms with Crippen molar-refractivity contribution >= 4 is 50.1 Å². The van der Waals surface area contributed by atoms with E-state index >= 15 is 0 Å². The van der Waals surface area contributed by atoms with Gasteiger partial charge in [-0.05, 0) is 36.2 Å².